The van der Waals surface area contributed by atoms with Crippen molar-refractivity contribution in [1.82, 2.24) is 14.7 Å². The minimum atomic E-state index is 0.556. The fraction of sp³-hybridized carbons (Fsp3) is 0.435. The first-order chi connectivity index (χ1) is 13.7. The SMILES string of the molecule is Cc1cc(C)n(C2CN(C3CCN(c4ccc(-c5ccco5)cc4)CC3)C2)n1. The summed E-state index contributed by atoms with van der Waals surface area (Å²) >= 11 is 0. The summed E-state index contributed by atoms with van der Waals surface area (Å²) in [7, 11) is 0. The average Bonchev–Trinajstić information content (AvgIpc) is 3.32. The number of nitrogens with zero attached hydrogens (tertiary/aromatic N) is 4. The Balaban J connectivity index is 1.15. The maximum Gasteiger partial charge on any atom is 0.133 e. The van der Waals surface area contributed by atoms with Gasteiger partial charge in [0, 0.05) is 49.2 Å². The Kier molecular flexibility index (Phi) is 4.47. The zero-order valence-corrected chi connectivity index (χ0v) is 16.7. The number of aromatic nitrogens is 2. The van der Waals surface area contributed by atoms with E-state index in [4.69, 9.17) is 4.42 Å². The second-order valence-electron chi connectivity index (χ2n) is 8.22. The maximum absolute atomic E-state index is 5.49. The van der Waals surface area contributed by atoms with Crippen LogP contribution in [0.5, 0.6) is 0 Å². The second kappa shape index (κ2) is 7.13. The van der Waals surface area contributed by atoms with Crippen molar-refractivity contribution >= 4 is 5.69 Å². The van der Waals surface area contributed by atoms with Gasteiger partial charge >= 0.3 is 0 Å². The molecule has 0 saturated carbocycles. The molecule has 5 nitrogen and oxygen atoms in total. The molecule has 2 fully saturated rings. The van der Waals surface area contributed by atoms with Crippen LogP contribution < -0.4 is 4.90 Å². The zero-order chi connectivity index (χ0) is 19.1. The molecule has 3 aromatic rings. The Morgan fingerprint density at radius 1 is 0.964 bits per heavy atom. The number of benzene rings is 1. The molecule has 0 atom stereocenters. The van der Waals surface area contributed by atoms with E-state index in [1.807, 2.05) is 12.1 Å². The molecular weight excluding hydrogens is 348 g/mol. The van der Waals surface area contributed by atoms with Gasteiger partial charge in [-0.2, -0.15) is 5.10 Å². The van der Waals surface area contributed by atoms with Crippen LogP contribution in [0.25, 0.3) is 11.3 Å². The van der Waals surface area contributed by atoms with Gasteiger partial charge in [0.25, 0.3) is 0 Å². The lowest BCUT2D eigenvalue weighted by Crippen LogP contribution is -2.56. The highest BCUT2D eigenvalue weighted by molar-refractivity contribution is 5.62. The summed E-state index contributed by atoms with van der Waals surface area (Å²) in [6, 6.07) is 16.2. The highest BCUT2D eigenvalue weighted by Gasteiger charge is 2.36. The molecule has 0 radical (unpaired) electrons. The molecule has 0 amide bonds. The normalized spacial score (nSPS) is 19.1. The summed E-state index contributed by atoms with van der Waals surface area (Å²) < 4.78 is 7.71. The lowest BCUT2D eigenvalue weighted by molar-refractivity contribution is 0.0407. The van der Waals surface area contributed by atoms with Crippen molar-refractivity contribution in [3.63, 3.8) is 0 Å². The molecule has 5 rings (SSSR count). The van der Waals surface area contributed by atoms with Crippen LogP contribution in [0.15, 0.2) is 53.1 Å². The third-order valence-electron chi connectivity index (χ3n) is 6.30. The van der Waals surface area contributed by atoms with Crippen LogP contribution in [0.4, 0.5) is 5.69 Å². The van der Waals surface area contributed by atoms with Crippen molar-refractivity contribution < 1.29 is 4.42 Å². The van der Waals surface area contributed by atoms with E-state index in [2.05, 4.69) is 63.8 Å². The van der Waals surface area contributed by atoms with Gasteiger partial charge in [0.05, 0.1) is 18.0 Å². The summed E-state index contributed by atoms with van der Waals surface area (Å²) in [6.07, 6.45) is 4.21. The highest BCUT2D eigenvalue weighted by Crippen LogP contribution is 2.31. The Hall–Kier alpha value is -2.53. The lowest BCUT2D eigenvalue weighted by Gasteiger charge is -2.47. The minimum Gasteiger partial charge on any atom is -0.464 e. The number of rotatable bonds is 4. The van der Waals surface area contributed by atoms with Gasteiger partial charge in [-0.25, -0.2) is 0 Å². The largest absolute Gasteiger partial charge is 0.464 e. The van der Waals surface area contributed by atoms with Gasteiger partial charge in [-0.05, 0) is 69.2 Å². The van der Waals surface area contributed by atoms with E-state index in [0.717, 1.165) is 43.2 Å². The number of hydrogen-bond acceptors (Lipinski definition) is 4. The average molecular weight is 377 g/mol. The maximum atomic E-state index is 5.49. The Morgan fingerprint density at radius 3 is 2.32 bits per heavy atom. The molecule has 2 aromatic heterocycles. The van der Waals surface area contributed by atoms with E-state index in [9.17, 15) is 0 Å². The summed E-state index contributed by atoms with van der Waals surface area (Å²) in [5.74, 6) is 0.931. The van der Waals surface area contributed by atoms with Gasteiger partial charge in [0.1, 0.15) is 5.76 Å². The number of furan rings is 1. The molecule has 0 unspecified atom stereocenters. The number of piperidine rings is 1. The fourth-order valence-electron chi connectivity index (χ4n) is 4.73. The summed E-state index contributed by atoms with van der Waals surface area (Å²) in [4.78, 5) is 5.17. The summed E-state index contributed by atoms with van der Waals surface area (Å²) in [5.41, 5.74) is 4.87. The zero-order valence-electron chi connectivity index (χ0n) is 16.7. The van der Waals surface area contributed by atoms with E-state index in [1.165, 1.54) is 24.2 Å². The number of aryl methyl sites for hydroxylation is 2. The molecule has 1 aromatic carbocycles. The van der Waals surface area contributed by atoms with Gasteiger partial charge in [-0.1, -0.05) is 0 Å². The quantitative estimate of drug-likeness (QED) is 0.681. The molecule has 28 heavy (non-hydrogen) atoms. The molecule has 0 N–H and O–H groups in total. The summed E-state index contributed by atoms with van der Waals surface area (Å²) in [5, 5.41) is 4.66. The first-order valence-corrected chi connectivity index (χ1v) is 10.3. The van der Waals surface area contributed by atoms with Crippen molar-refractivity contribution in [2.75, 3.05) is 31.1 Å². The first-order valence-electron chi connectivity index (χ1n) is 10.3. The first kappa shape index (κ1) is 17.6. The van der Waals surface area contributed by atoms with E-state index in [1.54, 1.807) is 6.26 Å². The lowest BCUT2D eigenvalue weighted by atomic mass is 9.97. The molecule has 2 aliphatic rings. The third kappa shape index (κ3) is 3.24. The van der Waals surface area contributed by atoms with E-state index in [-0.39, 0.29) is 0 Å². The van der Waals surface area contributed by atoms with Crippen LogP contribution in [-0.4, -0.2) is 46.9 Å². The van der Waals surface area contributed by atoms with Crippen LogP contribution in [0.2, 0.25) is 0 Å². The standard InChI is InChI=1S/C23H28N4O/c1-17-14-18(2)27(24-17)22-15-26(16-22)21-9-11-25(12-10-21)20-7-5-19(6-8-20)23-4-3-13-28-23/h3-8,13-14,21-22H,9-12,15-16H2,1-2H3. The number of likely N-dealkylation sites (tertiary alicyclic amines) is 1. The van der Waals surface area contributed by atoms with Crippen molar-refractivity contribution in [1.29, 1.82) is 0 Å². The van der Waals surface area contributed by atoms with Gasteiger partial charge in [-0.15, -0.1) is 0 Å². The predicted molar refractivity (Wildman–Crippen MR) is 112 cm³/mol. The molecule has 0 bridgehead atoms. The molecule has 2 aliphatic heterocycles. The van der Waals surface area contributed by atoms with Crippen LogP contribution in [-0.2, 0) is 0 Å². The number of anilines is 1. The minimum absolute atomic E-state index is 0.556. The molecule has 2 saturated heterocycles. The molecule has 146 valence electrons. The van der Waals surface area contributed by atoms with Crippen LogP contribution in [0, 0.1) is 13.8 Å². The van der Waals surface area contributed by atoms with Crippen molar-refractivity contribution in [3.05, 3.63) is 60.1 Å². The Labute approximate surface area is 166 Å². The third-order valence-corrected chi connectivity index (χ3v) is 6.30. The second-order valence-corrected chi connectivity index (χ2v) is 8.22. The molecular formula is C23H28N4O. The van der Waals surface area contributed by atoms with Gasteiger partial charge in [0.2, 0.25) is 0 Å². The Bertz CT molecular complexity index is 914. The van der Waals surface area contributed by atoms with Gasteiger partial charge in [-0.3, -0.25) is 9.58 Å². The predicted octanol–water partition coefficient (Wildman–Crippen LogP) is 4.29. The Morgan fingerprint density at radius 2 is 1.71 bits per heavy atom. The molecule has 0 aliphatic carbocycles. The topological polar surface area (TPSA) is 37.4 Å². The van der Waals surface area contributed by atoms with Crippen LogP contribution in [0.1, 0.15) is 30.3 Å². The smallest absolute Gasteiger partial charge is 0.133 e. The van der Waals surface area contributed by atoms with Gasteiger partial charge < -0.3 is 9.32 Å². The van der Waals surface area contributed by atoms with E-state index < -0.39 is 0 Å². The van der Waals surface area contributed by atoms with Crippen molar-refractivity contribution in [2.24, 2.45) is 0 Å². The number of hydrogen-bond donors (Lipinski definition) is 0. The highest BCUT2D eigenvalue weighted by atomic mass is 16.3. The van der Waals surface area contributed by atoms with Crippen molar-refractivity contribution in [3.8, 4) is 11.3 Å². The van der Waals surface area contributed by atoms with E-state index in [0.29, 0.717) is 12.1 Å². The van der Waals surface area contributed by atoms with Crippen LogP contribution in [0.3, 0.4) is 0 Å². The molecule has 0 spiro atoms. The summed E-state index contributed by atoms with van der Waals surface area (Å²) in [6.45, 7) is 8.79. The van der Waals surface area contributed by atoms with Crippen LogP contribution >= 0.6 is 0 Å². The molecule has 5 heteroatoms. The van der Waals surface area contributed by atoms with Crippen molar-refractivity contribution in [2.45, 2.75) is 38.8 Å². The van der Waals surface area contributed by atoms with Gasteiger partial charge in [0.15, 0.2) is 0 Å². The molecule has 4 heterocycles. The fourth-order valence-corrected chi connectivity index (χ4v) is 4.73. The van der Waals surface area contributed by atoms with E-state index >= 15 is 0 Å². The monoisotopic (exact) mass is 376 g/mol.